The van der Waals surface area contributed by atoms with E-state index in [9.17, 15) is 9.59 Å². The minimum atomic E-state index is -0.394. The highest BCUT2D eigenvalue weighted by molar-refractivity contribution is 9.10. The first-order valence-corrected chi connectivity index (χ1v) is 14.5. The van der Waals surface area contributed by atoms with Crippen molar-refractivity contribution < 1.29 is 14.3 Å². The molecule has 4 aromatic rings. The van der Waals surface area contributed by atoms with Crippen LogP contribution in [0, 0.1) is 0 Å². The van der Waals surface area contributed by atoms with Gasteiger partial charge in [-0.05, 0) is 70.9 Å². The first-order valence-electron chi connectivity index (χ1n) is 12.1. The Balaban J connectivity index is 1.65. The molecule has 0 saturated carbocycles. The maximum Gasteiger partial charge on any atom is 0.282 e. The standard InChI is InChI=1S/C28H24Br2Cl2N4O4/c1-4-15(2)27-35-21-10-5-17(29)12-20(21)28(38)36(27)33-13-16-11-22(39-3)26(25(32)24(16)30)40-14-23(37)34-19-8-6-18(31)7-9-19/h5-13,15H,4,14H2,1-3H3,(H,34,37)/t15-/m0/s1. The number of amides is 1. The van der Waals surface area contributed by atoms with Crippen molar-refractivity contribution in [3.8, 4) is 11.5 Å². The molecule has 0 saturated heterocycles. The number of hydrogen-bond donors (Lipinski definition) is 1. The molecule has 1 aromatic heterocycles. The minimum Gasteiger partial charge on any atom is -0.493 e. The summed E-state index contributed by atoms with van der Waals surface area (Å²) in [7, 11) is 1.46. The van der Waals surface area contributed by atoms with Gasteiger partial charge in [-0.3, -0.25) is 9.59 Å². The van der Waals surface area contributed by atoms with E-state index in [0.29, 0.717) is 37.5 Å². The largest absolute Gasteiger partial charge is 0.493 e. The zero-order valence-electron chi connectivity index (χ0n) is 21.7. The number of nitrogens with one attached hydrogen (secondary N) is 1. The van der Waals surface area contributed by atoms with Crippen molar-refractivity contribution in [2.24, 2.45) is 5.10 Å². The van der Waals surface area contributed by atoms with Crippen LogP contribution in [0.4, 0.5) is 5.69 Å². The fraction of sp³-hybridized carbons (Fsp3) is 0.214. The fourth-order valence-electron chi connectivity index (χ4n) is 3.75. The van der Waals surface area contributed by atoms with E-state index in [-0.39, 0.29) is 34.6 Å². The Labute approximate surface area is 257 Å². The minimum absolute atomic E-state index is 0.0192. The number of hydrogen-bond acceptors (Lipinski definition) is 6. The van der Waals surface area contributed by atoms with Crippen molar-refractivity contribution in [2.75, 3.05) is 19.0 Å². The number of ether oxygens (including phenoxy) is 2. The van der Waals surface area contributed by atoms with Crippen molar-refractivity contribution in [3.05, 3.63) is 89.3 Å². The van der Waals surface area contributed by atoms with Gasteiger partial charge in [-0.2, -0.15) is 9.78 Å². The molecule has 0 aliphatic rings. The molecule has 12 heteroatoms. The summed E-state index contributed by atoms with van der Waals surface area (Å²) >= 11 is 19.4. The number of benzene rings is 3. The molecule has 208 valence electrons. The second-order valence-electron chi connectivity index (χ2n) is 8.77. The van der Waals surface area contributed by atoms with Crippen LogP contribution in [0.5, 0.6) is 11.5 Å². The molecule has 0 spiro atoms. The summed E-state index contributed by atoms with van der Waals surface area (Å²) in [5.74, 6) is 0.585. The Bertz CT molecular complexity index is 1660. The van der Waals surface area contributed by atoms with Crippen LogP contribution < -0.4 is 20.3 Å². The summed E-state index contributed by atoms with van der Waals surface area (Å²) in [6.07, 6.45) is 2.26. The number of anilines is 1. The van der Waals surface area contributed by atoms with Crippen LogP contribution in [0.1, 0.15) is 37.6 Å². The number of carbonyl (C=O) groups is 1. The zero-order valence-corrected chi connectivity index (χ0v) is 26.4. The molecule has 0 fully saturated rings. The van der Waals surface area contributed by atoms with Crippen LogP contribution >= 0.6 is 55.1 Å². The van der Waals surface area contributed by atoms with Gasteiger partial charge in [0.2, 0.25) is 0 Å². The van der Waals surface area contributed by atoms with Gasteiger partial charge in [0.25, 0.3) is 11.5 Å². The lowest BCUT2D eigenvalue weighted by Crippen LogP contribution is -2.23. The van der Waals surface area contributed by atoms with Gasteiger partial charge in [0.15, 0.2) is 18.1 Å². The SMILES string of the molecule is CC[C@H](C)c1nc2ccc(Br)cc2c(=O)n1N=Cc1cc(OC)c(OCC(=O)Nc2ccc(Cl)cc2)c(Cl)c1Br. The summed E-state index contributed by atoms with van der Waals surface area (Å²) in [5.41, 5.74) is 1.41. The number of halogens is 4. The maximum absolute atomic E-state index is 13.4. The molecule has 0 radical (unpaired) electrons. The Morgan fingerprint density at radius 3 is 2.58 bits per heavy atom. The second kappa shape index (κ2) is 13.2. The maximum atomic E-state index is 13.4. The highest BCUT2D eigenvalue weighted by Crippen LogP contribution is 2.42. The van der Waals surface area contributed by atoms with E-state index in [4.69, 9.17) is 37.7 Å². The average Bonchev–Trinajstić information content (AvgIpc) is 2.94. The monoisotopic (exact) mass is 708 g/mol. The lowest BCUT2D eigenvalue weighted by atomic mass is 10.1. The number of rotatable bonds is 9. The van der Waals surface area contributed by atoms with Gasteiger partial charge in [0.05, 0.1) is 24.2 Å². The lowest BCUT2D eigenvalue weighted by Gasteiger charge is -2.16. The second-order valence-corrected chi connectivity index (χ2v) is 11.3. The lowest BCUT2D eigenvalue weighted by molar-refractivity contribution is -0.118. The number of methoxy groups -OCH3 is 1. The van der Waals surface area contributed by atoms with Gasteiger partial charge >= 0.3 is 0 Å². The van der Waals surface area contributed by atoms with Gasteiger partial charge in [0, 0.05) is 31.1 Å². The molecule has 0 aliphatic carbocycles. The van der Waals surface area contributed by atoms with Crippen molar-refractivity contribution in [1.82, 2.24) is 9.66 Å². The van der Waals surface area contributed by atoms with Crippen molar-refractivity contribution >= 4 is 83.8 Å². The van der Waals surface area contributed by atoms with Crippen LogP contribution in [0.15, 0.2) is 67.4 Å². The van der Waals surface area contributed by atoms with Crippen molar-refractivity contribution in [3.63, 3.8) is 0 Å². The molecule has 40 heavy (non-hydrogen) atoms. The number of aromatic nitrogens is 2. The first-order chi connectivity index (χ1) is 19.1. The third-order valence-electron chi connectivity index (χ3n) is 6.05. The number of fused-ring (bicyclic) bond motifs is 1. The van der Waals surface area contributed by atoms with Crippen LogP contribution in [-0.2, 0) is 4.79 Å². The Kier molecular flexibility index (Phi) is 9.89. The smallest absolute Gasteiger partial charge is 0.282 e. The summed E-state index contributed by atoms with van der Waals surface area (Å²) in [5, 5.41) is 8.40. The van der Waals surface area contributed by atoms with E-state index >= 15 is 0 Å². The predicted molar refractivity (Wildman–Crippen MR) is 167 cm³/mol. The molecule has 1 N–H and O–H groups in total. The topological polar surface area (TPSA) is 94.8 Å². The van der Waals surface area contributed by atoms with E-state index in [1.165, 1.54) is 18.0 Å². The number of carbonyl (C=O) groups excluding carboxylic acids is 1. The van der Waals surface area contributed by atoms with E-state index < -0.39 is 5.91 Å². The Morgan fingerprint density at radius 1 is 1.18 bits per heavy atom. The van der Waals surface area contributed by atoms with E-state index in [0.717, 1.165) is 10.9 Å². The molecule has 4 rings (SSSR count). The first kappa shape index (κ1) is 30.0. The molecule has 0 unspecified atom stereocenters. The zero-order chi connectivity index (χ0) is 29.0. The van der Waals surface area contributed by atoms with E-state index in [2.05, 4.69) is 42.3 Å². The molecule has 3 aromatic carbocycles. The van der Waals surface area contributed by atoms with Crippen molar-refractivity contribution in [1.29, 1.82) is 0 Å². The van der Waals surface area contributed by atoms with Gasteiger partial charge in [-0.15, -0.1) is 0 Å². The quantitative estimate of drug-likeness (QED) is 0.180. The molecule has 1 amide bonds. The van der Waals surface area contributed by atoms with Crippen LogP contribution in [0.3, 0.4) is 0 Å². The van der Waals surface area contributed by atoms with Gasteiger partial charge in [-0.25, -0.2) is 4.98 Å². The van der Waals surface area contributed by atoms with Gasteiger partial charge in [0.1, 0.15) is 10.8 Å². The van der Waals surface area contributed by atoms with E-state index in [1.54, 1.807) is 42.5 Å². The van der Waals surface area contributed by atoms with Gasteiger partial charge in [-0.1, -0.05) is 53.0 Å². The molecule has 8 nitrogen and oxygen atoms in total. The van der Waals surface area contributed by atoms with Crippen LogP contribution in [0.2, 0.25) is 10.0 Å². The molecular formula is C28H24Br2Cl2N4O4. The molecule has 1 atom stereocenters. The molecular weight excluding hydrogens is 687 g/mol. The summed E-state index contributed by atoms with van der Waals surface area (Å²) in [6.45, 7) is 3.69. The third-order valence-corrected chi connectivity index (χ3v) is 8.24. The van der Waals surface area contributed by atoms with Crippen molar-refractivity contribution in [2.45, 2.75) is 26.2 Å². The molecule has 0 bridgehead atoms. The summed E-state index contributed by atoms with van der Waals surface area (Å²) in [6, 6.07) is 13.7. The van der Waals surface area contributed by atoms with E-state index in [1.807, 2.05) is 19.9 Å². The van der Waals surface area contributed by atoms with Gasteiger partial charge < -0.3 is 14.8 Å². The summed E-state index contributed by atoms with van der Waals surface area (Å²) in [4.78, 5) is 30.6. The Morgan fingerprint density at radius 2 is 1.90 bits per heavy atom. The highest BCUT2D eigenvalue weighted by Gasteiger charge is 2.19. The normalized spacial score (nSPS) is 12.1. The molecule has 1 heterocycles. The fourth-order valence-corrected chi connectivity index (χ4v) is 4.89. The summed E-state index contributed by atoms with van der Waals surface area (Å²) < 4.78 is 13.7. The molecule has 0 aliphatic heterocycles. The third kappa shape index (κ3) is 6.68. The number of nitrogens with zero attached hydrogens (tertiary/aromatic N) is 3. The van der Waals surface area contributed by atoms with Crippen LogP contribution in [0.25, 0.3) is 10.9 Å². The van der Waals surface area contributed by atoms with Crippen LogP contribution in [-0.4, -0.2) is 35.5 Å². The predicted octanol–water partition coefficient (Wildman–Crippen LogP) is 7.65. The highest BCUT2D eigenvalue weighted by atomic mass is 79.9. The Hall–Kier alpha value is -2.92. The average molecular weight is 711 g/mol.